The zero-order chi connectivity index (χ0) is 18.8. The molecular weight excluding hydrogens is 362 g/mol. The van der Waals surface area contributed by atoms with Crippen molar-refractivity contribution in [3.05, 3.63) is 52.0 Å². The Morgan fingerprint density at radius 2 is 1.60 bits per heavy atom. The lowest BCUT2D eigenvalue weighted by Gasteiger charge is -2.15. The van der Waals surface area contributed by atoms with Gasteiger partial charge >= 0.3 is 11.9 Å². The molecule has 0 bridgehead atoms. The predicted molar refractivity (Wildman–Crippen MR) is 100 cm³/mol. The molecule has 7 heteroatoms. The fourth-order valence-corrected chi connectivity index (χ4v) is 2.67. The first-order valence-electron chi connectivity index (χ1n) is 7.76. The average molecular weight is 384 g/mol. The van der Waals surface area contributed by atoms with E-state index in [0.29, 0.717) is 15.6 Å². The van der Waals surface area contributed by atoms with Gasteiger partial charge in [-0.3, -0.25) is 0 Å². The van der Waals surface area contributed by atoms with E-state index in [1.807, 2.05) is 12.1 Å². The van der Waals surface area contributed by atoms with E-state index < -0.39 is 11.9 Å². The van der Waals surface area contributed by atoms with Crippen LogP contribution in [0.3, 0.4) is 0 Å². The van der Waals surface area contributed by atoms with Gasteiger partial charge in [0.1, 0.15) is 5.70 Å². The number of likely N-dealkylation sites (N-methyl/N-ethyl adjacent to an activating group) is 1. The third kappa shape index (κ3) is 7.23. The summed E-state index contributed by atoms with van der Waals surface area (Å²) in [5, 5.41) is 0.614. The molecular formula is C18H22ClNO4S. The van der Waals surface area contributed by atoms with E-state index in [2.05, 4.69) is 0 Å². The number of thioether (sulfide) groups is 1. The van der Waals surface area contributed by atoms with E-state index in [4.69, 9.17) is 21.1 Å². The highest BCUT2D eigenvalue weighted by Gasteiger charge is 2.15. The lowest BCUT2D eigenvalue weighted by Crippen LogP contribution is -2.21. The normalized spacial score (nSPS) is 11.9. The Hall–Kier alpha value is -1.92. The lowest BCUT2D eigenvalue weighted by molar-refractivity contribution is -0.140. The Bertz CT molecular complexity index is 654. The molecule has 0 radical (unpaired) electrons. The third-order valence-corrected chi connectivity index (χ3v) is 4.16. The standard InChI is InChI=1S/C18H22ClNO4S/c1-5-23-17(21)15(20(3)4)11-12-16(18(22)24-6-2)25-14-9-7-13(19)8-10-14/h7-12H,5-6H2,1-4H3/b15-11-,16-12-. The highest BCUT2D eigenvalue weighted by molar-refractivity contribution is 8.04. The van der Waals surface area contributed by atoms with Gasteiger partial charge in [0.2, 0.25) is 0 Å². The smallest absolute Gasteiger partial charge is 0.354 e. The monoisotopic (exact) mass is 383 g/mol. The van der Waals surface area contributed by atoms with Gasteiger partial charge in [-0.1, -0.05) is 23.4 Å². The molecule has 0 aliphatic heterocycles. The maximum Gasteiger partial charge on any atom is 0.354 e. The topological polar surface area (TPSA) is 55.8 Å². The van der Waals surface area contributed by atoms with Crippen molar-refractivity contribution in [1.29, 1.82) is 0 Å². The zero-order valence-electron chi connectivity index (χ0n) is 14.7. The van der Waals surface area contributed by atoms with Crippen LogP contribution >= 0.6 is 23.4 Å². The first-order valence-corrected chi connectivity index (χ1v) is 8.95. The minimum absolute atomic E-state index is 0.263. The van der Waals surface area contributed by atoms with Crippen molar-refractivity contribution < 1.29 is 19.1 Å². The molecule has 0 aliphatic carbocycles. The van der Waals surface area contributed by atoms with Crippen molar-refractivity contribution in [2.45, 2.75) is 18.7 Å². The second-order valence-electron chi connectivity index (χ2n) is 4.97. The minimum Gasteiger partial charge on any atom is -0.462 e. The summed E-state index contributed by atoms with van der Waals surface area (Å²) in [7, 11) is 3.46. The van der Waals surface area contributed by atoms with Crippen molar-refractivity contribution >= 4 is 35.3 Å². The van der Waals surface area contributed by atoms with Crippen molar-refractivity contribution in [3.63, 3.8) is 0 Å². The Morgan fingerprint density at radius 3 is 2.12 bits per heavy atom. The Balaban J connectivity index is 3.13. The van der Waals surface area contributed by atoms with Gasteiger partial charge in [0.25, 0.3) is 0 Å². The molecule has 0 saturated heterocycles. The van der Waals surface area contributed by atoms with Gasteiger partial charge in [-0.05, 0) is 50.3 Å². The van der Waals surface area contributed by atoms with Crippen LogP contribution in [-0.4, -0.2) is 44.1 Å². The molecule has 0 N–H and O–H groups in total. The van der Waals surface area contributed by atoms with Crippen LogP contribution in [0.4, 0.5) is 0 Å². The SMILES string of the molecule is CCOC(=O)/C(=C/C=C(/C(=O)OCC)N(C)C)Sc1ccc(Cl)cc1. The summed E-state index contributed by atoms with van der Waals surface area (Å²) >= 11 is 7.12. The number of esters is 2. The molecule has 0 aliphatic rings. The molecule has 5 nitrogen and oxygen atoms in total. The van der Waals surface area contributed by atoms with Gasteiger partial charge in [0.05, 0.1) is 18.1 Å². The summed E-state index contributed by atoms with van der Waals surface area (Å²) in [5.41, 5.74) is 0.334. The Labute approximate surface area is 157 Å². The fraction of sp³-hybridized carbons (Fsp3) is 0.333. The molecule has 1 aromatic carbocycles. The number of hydrogen-bond acceptors (Lipinski definition) is 6. The van der Waals surface area contributed by atoms with Crippen LogP contribution in [-0.2, 0) is 19.1 Å². The van der Waals surface area contributed by atoms with E-state index in [9.17, 15) is 9.59 Å². The number of benzene rings is 1. The number of rotatable bonds is 8. The first-order chi connectivity index (χ1) is 11.9. The first kappa shape index (κ1) is 21.1. The number of allylic oxidation sites excluding steroid dienone is 2. The van der Waals surface area contributed by atoms with Gasteiger partial charge in [0, 0.05) is 24.0 Å². The van der Waals surface area contributed by atoms with Crippen LogP contribution in [0.25, 0.3) is 0 Å². The third-order valence-electron chi connectivity index (χ3n) is 2.88. The van der Waals surface area contributed by atoms with Gasteiger partial charge < -0.3 is 14.4 Å². The summed E-state index contributed by atoms with van der Waals surface area (Å²) in [6, 6.07) is 7.10. The Kier molecular flexibility index (Phi) is 9.16. The van der Waals surface area contributed by atoms with E-state index in [1.54, 1.807) is 57.1 Å². The fourth-order valence-electron chi connectivity index (χ4n) is 1.73. The molecule has 136 valence electrons. The summed E-state index contributed by atoms with van der Waals surface area (Å²) in [5.74, 6) is -0.913. The molecule has 0 heterocycles. The van der Waals surface area contributed by atoms with E-state index >= 15 is 0 Å². The van der Waals surface area contributed by atoms with Gasteiger partial charge in [0.15, 0.2) is 0 Å². The molecule has 0 fully saturated rings. The van der Waals surface area contributed by atoms with Crippen molar-refractivity contribution in [3.8, 4) is 0 Å². The number of halogens is 1. The van der Waals surface area contributed by atoms with E-state index in [0.717, 1.165) is 4.90 Å². The van der Waals surface area contributed by atoms with E-state index in [-0.39, 0.29) is 13.2 Å². The molecule has 25 heavy (non-hydrogen) atoms. The maximum atomic E-state index is 12.2. The maximum absolute atomic E-state index is 12.2. The molecule has 1 rings (SSSR count). The summed E-state index contributed by atoms with van der Waals surface area (Å²) in [6.45, 7) is 4.01. The van der Waals surface area contributed by atoms with Crippen molar-refractivity contribution in [2.24, 2.45) is 0 Å². The summed E-state index contributed by atoms with van der Waals surface area (Å²) in [6.07, 6.45) is 3.11. The van der Waals surface area contributed by atoms with Crippen LogP contribution in [0.5, 0.6) is 0 Å². The lowest BCUT2D eigenvalue weighted by atomic mass is 10.3. The van der Waals surface area contributed by atoms with Gasteiger partial charge in [-0.15, -0.1) is 0 Å². The zero-order valence-corrected chi connectivity index (χ0v) is 16.3. The van der Waals surface area contributed by atoms with Crippen molar-refractivity contribution in [2.75, 3.05) is 27.3 Å². The van der Waals surface area contributed by atoms with Crippen LogP contribution in [0.1, 0.15) is 13.8 Å². The highest BCUT2D eigenvalue weighted by atomic mass is 35.5. The second-order valence-corrected chi connectivity index (χ2v) is 6.53. The van der Waals surface area contributed by atoms with E-state index in [1.165, 1.54) is 11.8 Å². The molecule has 0 spiro atoms. The second kappa shape index (κ2) is 10.8. The summed E-state index contributed by atoms with van der Waals surface area (Å²) < 4.78 is 10.1. The number of nitrogens with zero attached hydrogens (tertiary/aromatic N) is 1. The van der Waals surface area contributed by atoms with Gasteiger partial charge in [-0.2, -0.15) is 0 Å². The molecule has 0 saturated carbocycles. The Morgan fingerprint density at radius 1 is 1.04 bits per heavy atom. The number of carbonyl (C=O) groups excluding carboxylic acids is 2. The number of hydrogen-bond donors (Lipinski definition) is 0. The van der Waals surface area contributed by atoms with Crippen LogP contribution in [0.2, 0.25) is 5.02 Å². The van der Waals surface area contributed by atoms with Crippen molar-refractivity contribution in [1.82, 2.24) is 4.90 Å². The number of carbonyl (C=O) groups is 2. The molecule has 0 aromatic heterocycles. The highest BCUT2D eigenvalue weighted by Crippen LogP contribution is 2.29. The predicted octanol–water partition coefficient (Wildman–Crippen LogP) is 3.89. The molecule has 0 atom stereocenters. The average Bonchev–Trinajstić information content (AvgIpc) is 2.56. The molecule has 0 amide bonds. The van der Waals surface area contributed by atoms with Crippen LogP contribution < -0.4 is 0 Å². The van der Waals surface area contributed by atoms with Crippen LogP contribution in [0.15, 0.2) is 51.9 Å². The molecule has 1 aromatic rings. The largest absolute Gasteiger partial charge is 0.462 e. The quantitative estimate of drug-likeness (QED) is 0.294. The summed E-state index contributed by atoms with van der Waals surface area (Å²) in [4.78, 5) is 27.0. The van der Waals surface area contributed by atoms with Crippen LogP contribution in [0, 0.1) is 0 Å². The molecule has 0 unspecified atom stereocenters. The van der Waals surface area contributed by atoms with Gasteiger partial charge in [-0.25, -0.2) is 9.59 Å². The minimum atomic E-state index is -0.458. The number of ether oxygens (including phenoxy) is 2.